The Labute approximate surface area is 131 Å². The summed E-state index contributed by atoms with van der Waals surface area (Å²) in [5.41, 5.74) is 9.89. The third-order valence-electron chi connectivity index (χ3n) is 3.66. The number of H-pyrrole nitrogens is 1. The molecule has 6 nitrogen and oxygen atoms in total. The minimum Gasteiger partial charge on any atom is -0.508 e. The normalized spacial score (nSPS) is 11.0. The molecule has 0 saturated heterocycles. The number of phenolic OH excluding ortho intramolecular Hbond substituents is 1. The fourth-order valence-corrected chi connectivity index (χ4v) is 2.58. The summed E-state index contributed by atoms with van der Waals surface area (Å²) < 4.78 is 0. The number of nitrogens with one attached hydrogen (secondary N) is 1. The lowest BCUT2D eigenvalue weighted by Gasteiger charge is -2.04. The van der Waals surface area contributed by atoms with Crippen LogP contribution in [0, 0.1) is 0 Å². The minimum atomic E-state index is 0.223. The number of aromatic amines is 1. The Kier molecular flexibility index (Phi) is 2.94. The second-order valence-electron chi connectivity index (χ2n) is 5.17. The Balaban J connectivity index is 1.90. The van der Waals surface area contributed by atoms with Crippen LogP contribution in [-0.2, 0) is 0 Å². The van der Waals surface area contributed by atoms with Crippen LogP contribution in [0.5, 0.6) is 5.75 Å². The highest BCUT2D eigenvalue weighted by Crippen LogP contribution is 2.30. The number of aromatic hydroxyl groups is 1. The molecule has 0 fully saturated rings. The highest BCUT2D eigenvalue weighted by Gasteiger charge is 2.10. The number of nitrogen functional groups attached to an aromatic ring is 1. The highest BCUT2D eigenvalue weighted by molar-refractivity contribution is 5.95. The van der Waals surface area contributed by atoms with Gasteiger partial charge in [-0.2, -0.15) is 0 Å². The van der Waals surface area contributed by atoms with Crippen molar-refractivity contribution in [1.82, 2.24) is 19.9 Å². The van der Waals surface area contributed by atoms with Crippen LogP contribution in [0.15, 0.2) is 55.0 Å². The van der Waals surface area contributed by atoms with Crippen LogP contribution < -0.4 is 5.73 Å². The summed E-state index contributed by atoms with van der Waals surface area (Å²) >= 11 is 0. The van der Waals surface area contributed by atoms with Crippen molar-refractivity contribution in [3.63, 3.8) is 0 Å². The van der Waals surface area contributed by atoms with E-state index in [9.17, 15) is 5.11 Å². The van der Waals surface area contributed by atoms with Crippen molar-refractivity contribution in [2.24, 2.45) is 0 Å². The molecule has 3 aromatic heterocycles. The largest absolute Gasteiger partial charge is 0.508 e. The predicted octanol–water partition coefficient (Wildman–Crippen LogP) is 2.97. The van der Waals surface area contributed by atoms with Gasteiger partial charge in [0.1, 0.15) is 11.4 Å². The van der Waals surface area contributed by atoms with Crippen molar-refractivity contribution in [3.8, 4) is 28.1 Å². The summed E-state index contributed by atoms with van der Waals surface area (Å²) in [7, 11) is 0. The Hall–Kier alpha value is -3.41. The zero-order valence-corrected chi connectivity index (χ0v) is 12.1. The van der Waals surface area contributed by atoms with Crippen molar-refractivity contribution >= 4 is 17.0 Å². The monoisotopic (exact) mass is 303 g/mol. The number of hydrogen-bond acceptors (Lipinski definition) is 5. The Morgan fingerprint density at radius 2 is 1.96 bits per heavy atom. The van der Waals surface area contributed by atoms with E-state index in [-0.39, 0.29) is 11.7 Å². The molecule has 0 unspecified atom stereocenters. The second kappa shape index (κ2) is 5.10. The first-order valence-corrected chi connectivity index (χ1v) is 7.06. The van der Waals surface area contributed by atoms with Crippen LogP contribution in [0.2, 0.25) is 0 Å². The zero-order chi connectivity index (χ0) is 15.8. The molecular weight excluding hydrogens is 290 g/mol. The Bertz CT molecular complexity index is 1010. The van der Waals surface area contributed by atoms with E-state index in [1.54, 1.807) is 36.7 Å². The first-order valence-electron chi connectivity index (χ1n) is 7.06. The van der Waals surface area contributed by atoms with E-state index in [0.29, 0.717) is 0 Å². The summed E-state index contributed by atoms with van der Waals surface area (Å²) in [6.45, 7) is 0. The number of nitrogens with two attached hydrogens (primary N) is 1. The molecule has 0 atom stereocenters. The lowest BCUT2D eigenvalue weighted by Crippen LogP contribution is -1.94. The molecule has 0 bridgehead atoms. The third-order valence-corrected chi connectivity index (χ3v) is 3.66. The maximum atomic E-state index is 9.65. The van der Waals surface area contributed by atoms with Gasteiger partial charge in [0.25, 0.3) is 0 Å². The highest BCUT2D eigenvalue weighted by atomic mass is 16.3. The van der Waals surface area contributed by atoms with Gasteiger partial charge in [0, 0.05) is 35.1 Å². The van der Waals surface area contributed by atoms with Crippen LogP contribution in [0.1, 0.15) is 0 Å². The molecule has 4 aromatic rings. The summed E-state index contributed by atoms with van der Waals surface area (Å²) in [5, 5.41) is 10.6. The minimum absolute atomic E-state index is 0.223. The quantitative estimate of drug-likeness (QED) is 0.528. The van der Waals surface area contributed by atoms with Gasteiger partial charge in [-0.1, -0.05) is 12.1 Å². The van der Waals surface area contributed by atoms with Gasteiger partial charge >= 0.3 is 0 Å². The number of anilines is 1. The first kappa shape index (κ1) is 13.3. The van der Waals surface area contributed by atoms with Crippen molar-refractivity contribution in [2.75, 3.05) is 5.73 Å². The lowest BCUT2D eigenvalue weighted by molar-refractivity contribution is 0.475. The molecule has 0 radical (unpaired) electrons. The maximum absolute atomic E-state index is 9.65. The van der Waals surface area contributed by atoms with Crippen LogP contribution in [-0.4, -0.2) is 25.0 Å². The van der Waals surface area contributed by atoms with Crippen molar-refractivity contribution in [3.05, 3.63) is 55.0 Å². The molecule has 0 aliphatic heterocycles. The fourth-order valence-electron chi connectivity index (χ4n) is 2.58. The molecule has 3 heterocycles. The van der Waals surface area contributed by atoms with E-state index in [1.165, 1.54) is 0 Å². The molecule has 6 heteroatoms. The van der Waals surface area contributed by atoms with Gasteiger partial charge in [0.05, 0.1) is 5.69 Å². The van der Waals surface area contributed by atoms with E-state index in [4.69, 9.17) is 5.73 Å². The lowest BCUT2D eigenvalue weighted by atomic mass is 10.0. The Morgan fingerprint density at radius 1 is 1.04 bits per heavy atom. The van der Waals surface area contributed by atoms with E-state index in [0.717, 1.165) is 33.4 Å². The van der Waals surface area contributed by atoms with Crippen molar-refractivity contribution in [1.29, 1.82) is 0 Å². The Morgan fingerprint density at radius 3 is 2.78 bits per heavy atom. The molecule has 1 aromatic carbocycles. The number of aromatic nitrogens is 4. The topological polar surface area (TPSA) is 101 Å². The van der Waals surface area contributed by atoms with Gasteiger partial charge in [-0.25, -0.2) is 15.0 Å². The standard InChI is InChI=1S/C17H13N5O/c18-17-19-5-4-15(22-17)14-9-21-16-13(14)7-11(8-20-16)10-2-1-3-12(23)6-10/h1-9,23H,(H,20,21)(H2,18,19,22). The molecule has 0 amide bonds. The molecule has 0 spiro atoms. The number of phenols is 1. The van der Waals surface area contributed by atoms with Crippen LogP contribution in [0.25, 0.3) is 33.4 Å². The zero-order valence-electron chi connectivity index (χ0n) is 12.1. The molecular formula is C17H13N5O. The predicted molar refractivity (Wildman–Crippen MR) is 88.6 cm³/mol. The summed E-state index contributed by atoms with van der Waals surface area (Å²) in [6.07, 6.45) is 5.25. The number of pyridine rings is 1. The molecule has 23 heavy (non-hydrogen) atoms. The first-order chi connectivity index (χ1) is 11.2. The fraction of sp³-hybridized carbons (Fsp3) is 0. The average Bonchev–Trinajstić information content (AvgIpc) is 2.98. The van der Waals surface area contributed by atoms with Crippen LogP contribution in [0.3, 0.4) is 0 Å². The van der Waals surface area contributed by atoms with E-state index in [2.05, 4.69) is 19.9 Å². The van der Waals surface area contributed by atoms with E-state index in [1.807, 2.05) is 18.3 Å². The number of rotatable bonds is 2. The summed E-state index contributed by atoms with van der Waals surface area (Å²) in [6, 6.07) is 10.9. The van der Waals surface area contributed by atoms with Crippen molar-refractivity contribution < 1.29 is 5.11 Å². The SMILES string of the molecule is Nc1nccc(-c2c[nH]c3ncc(-c4cccc(O)c4)cc23)n1. The molecule has 112 valence electrons. The number of hydrogen-bond donors (Lipinski definition) is 3. The van der Waals surface area contributed by atoms with E-state index < -0.39 is 0 Å². The van der Waals surface area contributed by atoms with Gasteiger partial charge < -0.3 is 15.8 Å². The smallest absolute Gasteiger partial charge is 0.220 e. The molecule has 0 aliphatic carbocycles. The number of nitrogens with zero attached hydrogens (tertiary/aromatic N) is 3. The van der Waals surface area contributed by atoms with Crippen molar-refractivity contribution in [2.45, 2.75) is 0 Å². The molecule has 0 aliphatic rings. The van der Waals surface area contributed by atoms with Gasteiger partial charge in [-0.05, 0) is 29.8 Å². The summed E-state index contributed by atoms with van der Waals surface area (Å²) in [4.78, 5) is 15.8. The molecule has 0 saturated carbocycles. The summed E-state index contributed by atoms with van der Waals surface area (Å²) in [5.74, 6) is 0.453. The molecule has 4 rings (SSSR count). The van der Waals surface area contributed by atoms with Gasteiger partial charge in [0.15, 0.2) is 0 Å². The van der Waals surface area contributed by atoms with E-state index >= 15 is 0 Å². The van der Waals surface area contributed by atoms with Gasteiger partial charge in [-0.15, -0.1) is 0 Å². The van der Waals surface area contributed by atoms with Gasteiger partial charge in [0.2, 0.25) is 5.95 Å². The van der Waals surface area contributed by atoms with Crippen LogP contribution >= 0.6 is 0 Å². The maximum Gasteiger partial charge on any atom is 0.220 e. The number of fused-ring (bicyclic) bond motifs is 1. The van der Waals surface area contributed by atoms with Crippen LogP contribution in [0.4, 0.5) is 5.95 Å². The third kappa shape index (κ3) is 2.36. The van der Waals surface area contributed by atoms with Gasteiger partial charge in [-0.3, -0.25) is 0 Å². The number of benzene rings is 1. The second-order valence-corrected chi connectivity index (χ2v) is 5.17. The molecule has 4 N–H and O–H groups in total. The average molecular weight is 303 g/mol.